The summed E-state index contributed by atoms with van der Waals surface area (Å²) in [7, 11) is 0. The van der Waals surface area contributed by atoms with Gasteiger partial charge < -0.3 is 0 Å². The van der Waals surface area contributed by atoms with Crippen molar-refractivity contribution in [3.63, 3.8) is 0 Å². The third kappa shape index (κ3) is 3.48. The van der Waals surface area contributed by atoms with Gasteiger partial charge in [0.05, 0.1) is 11.1 Å². The fourth-order valence-electron chi connectivity index (χ4n) is 2.39. The second-order valence-electron chi connectivity index (χ2n) is 4.88. The second kappa shape index (κ2) is 5.86. The number of benzene rings is 2. The summed E-state index contributed by atoms with van der Waals surface area (Å²) >= 11 is 0. The van der Waals surface area contributed by atoms with Crippen LogP contribution < -0.4 is 0 Å². The van der Waals surface area contributed by atoms with Crippen LogP contribution in [-0.2, 0) is 18.8 Å². The van der Waals surface area contributed by atoms with Crippen molar-refractivity contribution in [3.8, 4) is 11.1 Å². The minimum atomic E-state index is -4.80. The van der Waals surface area contributed by atoms with Crippen LogP contribution in [0.25, 0.3) is 11.1 Å². The molecular formula is C16H11F7. The van der Waals surface area contributed by atoms with E-state index in [-0.39, 0.29) is 17.5 Å². The molecule has 0 N–H and O–H groups in total. The van der Waals surface area contributed by atoms with Gasteiger partial charge in [-0.05, 0) is 47.4 Å². The van der Waals surface area contributed by atoms with Gasteiger partial charge in [0.1, 0.15) is 5.82 Å². The average molecular weight is 336 g/mol. The zero-order valence-electron chi connectivity index (χ0n) is 11.8. The summed E-state index contributed by atoms with van der Waals surface area (Å²) in [4.78, 5) is 0. The van der Waals surface area contributed by atoms with Crippen molar-refractivity contribution >= 4 is 0 Å². The maximum Gasteiger partial charge on any atom is 0.417 e. The van der Waals surface area contributed by atoms with E-state index in [9.17, 15) is 30.7 Å². The van der Waals surface area contributed by atoms with E-state index in [0.717, 1.165) is 18.2 Å². The largest absolute Gasteiger partial charge is 0.417 e. The molecule has 0 nitrogen and oxygen atoms in total. The van der Waals surface area contributed by atoms with Crippen molar-refractivity contribution in [1.82, 2.24) is 0 Å². The highest BCUT2D eigenvalue weighted by Gasteiger charge is 2.36. The van der Waals surface area contributed by atoms with Gasteiger partial charge in [0.2, 0.25) is 0 Å². The highest BCUT2D eigenvalue weighted by Crippen LogP contribution is 2.41. The first kappa shape index (κ1) is 17.3. The standard InChI is InChI=1S/C16H11F7/c1-2-11-13(17)7-6-12(16(21,22)23)14(11)9-4-3-5-10(8-9)15(18,19)20/h3-8H,2H2,1H3. The lowest BCUT2D eigenvalue weighted by Gasteiger charge is -2.18. The molecule has 0 aliphatic carbocycles. The van der Waals surface area contributed by atoms with Crippen molar-refractivity contribution in [1.29, 1.82) is 0 Å². The molecule has 0 amide bonds. The zero-order valence-corrected chi connectivity index (χ0v) is 11.8. The lowest BCUT2D eigenvalue weighted by Crippen LogP contribution is -2.11. The molecule has 0 saturated heterocycles. The van der Waals surface area contributed by atoms with Crippen LogP contribution in [0.1, 0.15) is 23.6 Å². The second-order valence-corrected chi connectivity index (χ2v) is 4.88. The normalized spacial score (nSPS) is 12.5. The quantitative estimate of drug-likeness (QED) is 0.582. The van der Waals surface area contributed by atoms with E-state index in [0.29, 0.717) is 18.2 Å². The molecule has 0 fully saturated rings. The third-order valence-electron chi connectivity index (χ3n) is 3.39. The van der Waals surface area contributed by atoms with Crippen molar-refractivity contribution in [3.05, 3.63) is 58.9 Å². The van der Waals surface area contributed by atoms with Crippen molar-refractivity contribution in [2.24, 2.45) is 0 Å². The molecule has 7 heteroatoms. The number of hydrogen-bond acceptors (Lipinski definition) is 0. The van der Waals surface area contributed by atoms with Crippen LogP contribution in [0.2, 0.25) is 0 Å². The first-order chi connectivity index (χ1) is 10.6. The van der Waals surface area contributed by atoms with Gasteiger partial charge in [-0.15, -0.1) is 0 Å². The summed E-state index contributed by atoms with van der Waals surface area (Å²) in [6.07, 6.45) is -9.59. The van der Waals surface area contributed by atoms with E-state index in [1.165, 1.54) is 6.92 Å². The lowest BCUT2D eigenvalue weighted by atomic mass is 9.91. The van der Waals surface area contributed by atoms with Gasteiger partial charge in [0, 0.05) is 0 Å². The van der Waals surface area contributed by atoms with Gasteiger partial charge in [0.15, 0.2) is 0 Å². The van der Waals surface area contributed by atoms with Crippen LogP contribution in [0.5, 0.6) is 0 Å². The summed E-state index contributed by atoms with van der Waals surface area (Å²) in [5.74, 6) is -0.882. The lowest BCUT2D eigenvalue weighted by molar-refractivity contribution is -0.137. The van der Waals surface area contributed by atoms with Crippen LogP contribution in [0, 0.1) is 5.82 Å². The Hall–Kier alpha value is -2.05. The van der Waals surface area contributed by atoms with Crippen LogP contribution in [0.15, 0.2) is 36.4 Å². The fourth-order valence-corrected chi connectivity index (χ4v) is 2.39. The van der Waals surface area contributed by atoms with E-state index in [4.69, 9.17) is 0 Å². The Balaban J connectivity index is 2.79. The smallest absolute Gasteiger partial charge is 0.207 e. The summed E-state index contributed by atoms with van der Waals surface area (Å²) in [6.45, 7) is 1.44. The molecule has 2 aromatic carbocycles. The molecule has 2 aromatic rings. The van der Waals surface area contributed by atoms with Gasteiger partial charge in [-0.2, -0.15) is 26.3 Å². The summed E-state index contributed by atoms with van der Waals surface area (Å²) < 4.78 is 91.7. The maximum atomic E-state index is 13.8. The van der Waals surface area contributed by atoms with Gasteiger partial charge in [-0.1, -0.05) is 19.1 Å². The molecule has 0 radical (unpaired) electrons. The monoisotopic (exact) mass is 336 g/mol. The molecule has 124 valence electrons. The van der Waals surface area contributed by atoms with Crippen LogP contribution in [0.3, 0.4) is 0 Å². The predicted molar refractivity (Wildman–Crippen MR) is 71.2 cm³/mol. The van der Waals surface area contributed by atoms with Crippen LogP contribution >= 0.6 is 0 Å². The topological polar surface area (TPSA) is 0 Å². The molecular weight excluding hydrogens is 325 g/mol. The summed E-state index contributed by atoms with van der Waals surface area (Å²) in [5, 5.41) is 0. The van der Waals surface area contributed by atoms with E-state index in [2.05, 4.69) is 0 Å². The summed E-state index contributed by atoms with van der Waals surface area (Å²) in [5.41, 5.74) is -3.38. The minimum absolute atomic E-state index is 0.0820. The van der Waals surface area contributed by atoms with Crippen molar-refractivity contribution in [2.45, 2.75) is 25.7 Å². The Morgan fingerprint density at radius 1 is 0.870 bits per heavy atom. The molecule has 0 aliphatic rings. The van der Waals surface area contributed by atoms with Crippen LogP contribution in [0.4, 0.5) is 30.7 Å². The number of hydrogen-bond donors (Lipinski definition) is 0. The third-order valence-corrected chi connectivity index (χ3v) is 3.39. The predicted octanol–water partition coefficient (Wildman–Crippen LogP) is 6.09. The Labute approximate surface area is 127 Å². The van der Waals surface area contributed by atoms with E-state index < -0.39 is 34.9 Å². The first-order valence-corrected chi connectivity index (χ1v) is 6.62. The highest BCUT2D eigenvalue weighted by atomic mass is 19.4. The first-order valence-electron chi connectivity index (χ1n) is 6.62. The molecule has 0 saturated carbocycles. The molecule has 0 aliphatic heterocycles. The number of alkyl halides is 6. The van der Waals surface area contributed by atoms with Gasteiger partial charge in [-0.3, -0.25) is 0 Å². The van der Waals surface area contributed by atoms with Crippen molar-refractivity contribution < 1.29 is 30.7 Å². The highest BCUT2D eigenvalue weighted by molar-refractivity contribution is 5.72. The SMILES string of the molecule is CCc1c(F)ccc(C(F)(F)F)c1-c1cccc(C(F)(F)F)c1. The molecule has 2 rings (SSSR count). The average Bonchev–Trinajstić information content (AvgIpc) is 2.44. The molecule has 23 heavy (non-hydrogen) atoms. The van der Waals surface area contributed by atoms with E-state index in [1.54, 1.807) is 0 Å². The molecule has 0 atom stereocenters. The minimum Gasteiger partial charge on any atom is -0.207 e. The molecule has 0 heterocycles. The summed E-state index contributed by atoms with van der Waals surface area (Å²) in [6, 6.07) is 4.69. The van der Waals surface area contributed by atoms with Gasteiger partial charge in [-0.25, -0.2) is 4.39 Å². The molecule has 0 bridgehead atoms. The maximum absolute atomic E-state index is 13.8. The number of rotatable bonds is 2. The fraction of sp³-hybridized carbons (Fsp3) is 0.250. The number of halogens is 7. The molecule has 0 aromatic heterocycles. The van der Waals surface area contributed by atoms with E-state index in [1.807, 2.05) is 0 Å². The Morgan fingerprint density at radius 2 is 1.52 bits per heavy atom. The van der Waals surface area contributed by atoms with Gasteiger partial charge >= 0.3 is 12.4 Å². The molecule has 0 unspecified atom stereocenters. The van der Waals surface area contributed by atoms with Crippen molar-refractivity contribution in [2.75, 3.05) is 0 Å². The van der Waals surface area contributed by atoms with E-state index >= 15 is 0 Å². The van der Waals surface area contributed by atoms with Gasteiger partial charge in [0.25, 0.3) is 0 Å². The van der Waals surface area contributed by atoms with Crippen LogP contribution in [-0.4, -0.2) is 0 Å². The Kier molecular flexibility index (Phi) is 4.41. The molecule has 0 spiro atoms. The zero-order chi connectivity index (χ0) is 17.4. The Morgan fingerprint density at radius 3 is 2.04 bits per heavy atom. The Bertz CT molecular complexity index is 711.